The van der Waals surface area contributed by atoms with Crippen LogP contribution in [0.4, 0.5) is 0 Å². The summed E-state index contributed by atoms with van der Waals surface area (Å²) in [4.78, 5) is 29.9. The predicted molar refractivity (Wildman–Crippen MR) is 134 cm³/mol. The fraction of sp³-hybridized carbons (Fsp3) is 0.542. The van der Waals surface area contributed by atoms with Crippen molar-refractivity contribution in [1.29, 1.82) is 0 Å². The highest BCUT2D eigenvalue weighted by molar-refractivity contribution is 7.89. The summed E-state index contributed by atoms with van der Waals surface area (Å²) in [6, 6.07) is 4.50. The van der Waals surface area contributed by atoms with Gasteiger partial charge in [0.2, 0.25) is 5.91 Å². The Morgan fingerprint density at radius 1 is 1.26 bits per heavy atom. The molecule has 0 aromatic carbocycles. The van der Waals surface area contributed by atoms with E-state index in [1.165, 1.54) is 27.9 Å². The number of carbonyl (C=O) groups is 2. The van der Waals surface area contributed by atoms with Crippen LogP contribution in [0.3, 0.4) is 0 Å². The van der Waals surface area contributed by atoms with Gasteiger partial charge in [-0.25, -0.2) is 13.4 Å². The average Bonchev–Trinajstić information content (AvgIpc) is 3.29. The number of rotatable bonds is 7. The third-order valence-electron chi connectivity index (χ3n) is 5.98. The molecule has 3 rings (SSSR count). The fourth-order valence-corrected chi connectivity index (χ4v) is 6.36. The van der Waals surface area contributed by atoms with Gasteiger partial charge in [0.25, 0.3) is 15.9 Å². The molecule has 192 valence electrons. The minimum Gasteiger partial charge on any atom is -0.390 e. The first-order valence-electron chi connectivity index (χ1n) is 11.6. The van der Waals surface area contributed by atoms with Crippen LogP contribution >= 0.6 is 11.3 Å². The first-order valence-corrected chi connectivity index (χ1v) is 14.0. The number of aliphatic hydroxyl groups excluding tert-OH is 1. The van der Waals surface area contributed by atoms with Crippen LogP contribution in [0.1, 0.15) is 57.3 Å². The minimum atomic E-state index is -3.91. The first kappa shape index (κ1) is 27.3. The second-order valence-electron chi connectivity index (χ2n) is 10.2. The van der Waals surface area contributed by atoms with Crippen LogP contribution in [0, 0.1) is 5.41 Å². The molecule has 0 unspecified atom stereocenters. The lowest BCUT2D eigenvalue weighted by Crippen LogP contribution is -2.54. The Labute approximate surface area is 211 Å². The minimum absolute atomic E-state index is 0.0806. The van der Waals surface area contributed by atoms with Crippen molar-refractivity contribution in [2.24, 2.45) is 5.41 Å². The summed E-state index contributed by atoms with van der Waals surface area (Å²) < 4.78 is 27.5. The molecule has 1 aliphatic heterocycles. The van der Waals surface area contributed by atoms with Crippen LogP contribution in [0.15, 0.2) is 46.2 Å². The first-order chi connectivity index (χ1) is 16.4. The van der Waals surface area contributed by atoms with Crippen molar-refractivity contribution in [1.82, 2.24) is 19.9 Å². The smallest absolute Gasteiger partial charge is 0.260 e. The molecule has 2 aromatic heterocycles. The normalized spacial score (nSPS) is 22.7. The molecule has 11 heteroatoms. The van der Waals surface area contributed by atoms with Gasteiger partial charge >= 0.3 is 0 Å². The van der Waals surface area contributed by atoms with Gasteiger partial charge in [0.1, 0.15) is 6.04 Å². The Bertz CT molecular complexity index is 1100. The van der Waals surface area contributed by atoms with Crippen LogP contribution in [0.5, 0.6) is 0 Å². The quantitative estimate of drug-likeness (QED) is 0.512. The Kier molecular flexibility index (Phi) is 8.68. The number of nitrogens with one attached hydrogen (secondary N) is 2. The van der Waals surface area contributed by atoms with Crippen LogP contribution in [0.2, 0.25) is 0 Å². The zero-order valence-electron chi connectivity index (χ0n) is 20.5. The van der Waals surface area contributed by atoms with E-state index >= 15 is 0 Å². The summed E-state index contributed by atoms with van der Waals surface area (Å²) in [5.74, 6) is -0.737. The Morgan fingerprint density at radius 2 is 2.00 bits per heavy atom. The number of aliphatic hydroxyl groups is 1. The predicted octanol–water partition coefficient (Wildman–Crippen LogP) is 2.40. The van der Waals surface area contributed by atoms with E-state index in [4.69, 9.17) is 0 Å². The van der Waals surface area contributed by atoms with Gasteiger partial charge in [0.15, 0.2) is 5.03 Å². The van der Waals surface area contributed by atoms with Gasteiger partial charge in [-0.3, -0.25) is 9.59 Å². The van der Waals surface area contributed by atoms with E-state index in [-0.39, 0.29) is 28.9 Å². The molecule has 2 aromatic rings. The van der Waals surface area contributed by atoms with Gasteiger partial charge in [-0.2, -0.15) is 15.6 Å². The molecule has 0 saturated carbocycles. The van der Waals surface area contributed by atoms with E-state index in [1.807, 2.05) is 20.8 Å². The Balaban J connectivity index is 1.74. The zero-order chi connectivity index (χ0) is 25.8. The van der Waals surface area contributed by atoms with Crippen LogP contribution < -0.4 is 10.6 Å². The van der Waals surface area contributed by atoms with Crippen molar-refractivity contribution in [3.8, 4) is 0 Å². The molecule has 0 radical (unpaired) electrons. The lowest BCUT2D eigenvalue weighted by molar-refractivity contribution is -0.125. The molecule has 1 saturated heterocycles. The molecule has 1 fully saturated rings. The molecule has 1 aliphatic rings. The molecule has 0 aliphatic carbocycles. The van der Waals surface area contributed by atoms with Crippen molar-refractivity contribution < 1.29 is 23.1 Å². The van der Waals surface area contributed by atoms with Crippen molar-refractivity contribution in [2.75, 3.05) is 6.54 Å². The SMILES string of the molecule is C[C@@H]1CC[C@H](NC(=O)[C@H](CC(C)(C)C)NC(=O)c2ccsc2)[C@@H](O)CN1S(=O)(=O)c1ccccn1. The van der Waals surface area contributed by atoms with Crippen molar-refractivity contribution in [3.05, 3.63) is 46.8 Å². The molecule has 3 N–H and O–H groups in total. The van der Waals surface area contributed by atoms with Gasteiger partial charge < -0.3 is 15.7 Å². The maximum atomic E-state index is 13.3. The van der Waals surface area contributed by atoms with Gasteiger partial charge in [0.05, 0.1) is 17.7 Å². The molecule has 4 atom stereocenters. The average molecular weight is 523 g/mol. The molecule has 35 heavy (non-hydrogen) atoms. The highest BCUT2D eigenvalue weighted by Gasteiger charge is 2.38. The van der Waals surface area contributed by atoms with Gasteiger partial charge in [-0.15, -0.1) is 0 Å². The van der Waals surface area contributed by atoms with E-state index in [1.54, 1.807) is 35.9 Å². The van der Waals surface area contributed by atoms with E-state index in [9.17, 15) is 23.1 Å². The van der Waals surface area contributed by atoms with Crippen LogP contribution in [0.25, 0.3) is 0 Å². The highest BCUT2D eigenvalue weighted by Crippen LogP contribution is 2.25. The summed E-state index contributed by atoms with van der Waals surface area (Å²) in [6.07, 6.45) is 1.52. The van der Waals surface area contributed by atoms with E-state index in [0.29, 0.717) is 24.8 Å². The second-order valence-corrected chi connectivity index (χ2v) is 12.8. The second kappa shape index (κ2) is 11.2. The lowest BCUT2D eigenvalue weighted by atomic mass is 9.87. The van der Waals surface area contributed by atoms with Crippen molar-refractivity contribution in [2.45, 2.75) is 76.2 Å². The number of amides is 2. The lowest BCUT2D eigenvalue weighted by Gasteiger charge is -2.30. The van der Waals surface area contributed by atoms with Gasteiger partial charge in [-0.05, 0) is 55.2 Å². The topological polar surface area (TPSA) is 129 Å². The maximum absolute atomic E-state index is 13.3. The number of carbonyl (C=O) groups excluding carboxylic acids is 2. The highest BCUT2D eigenvalue weighted by atomic mass is 32.2. The largest absolute Gasteiger partial charge is 0.390 e. The van der Waals surface area contributed by atoms with Gasteiger partial charge in [-0.1, -0.05) is 26.8 Å². The van der Waals surface area contributed by atoms with Crippen molar-refractivity contribution in [3.63, 3.8) is 0 Å². The Hall–Kier alpha value is -2.34. The number of hydrogen-bond donors (Lipinski definition) is 3. The standard InChI is InChI=1S/C24H34N4O5S2/c1-16-8-9-18(20(29)14-28(16)35(32,33)21-7-5-6-11-25-21)26-23(31)19(13-24(2,3)4)27-22(30)17-10-12-34-15-17/h5-7,10-12,15-16,18-20,29H,8-9,13-14H2,1-4H3,(H,26,31)(H,27,30)/t16-,18+,19+,20+/m1/s1. The number of sulfonamides is 1. The molecular formula is C24H34N4O5S2. The van der Waals surface area contributed by atoms with Crippen LogP contribution in [-0.4, -0.2) is 65.4 Å². The number of nitrogens with zero attached hydrogens (tertiary/aromatic N) is 2. The van der Waals surface area contributed by atoms with Gasteiger partial charge in [0, 0.05) is 24.2 Å². The van der Waals surface area contributed by atoms with E-state index < -0.39 is 34.1 Å². The summed E-state index contributed by atoms with van der Waals surface area (Å²) in [7, 11) is -3.91. The number of hydrogen-bond acceptors (Lipinski definition) is 7. The number of pyridine rings is 1. The summed E-state index contributed by atoms with van der Waals surface area (Å²) in [5.41, 5.74) is 0.244. The number of aromatic nitrogens is 1. The monoisotopic (exact) mass is 522 g/mol. The molecule has 0 spiro atoms. The molecule has 2 amide bonds. The molecule has 9 nitrogen and oxygen atoms in total. The third kappa shape index (κ3) is 7.09. The number of thiophene rings is 1. The molecule has 0 bridgehead atoms. The maximum Gasteiger partial charge on any atom is 0.260 e. The molecule has 3 heterocycles. The summed E-state index contributed by atoms with van der Waals surface area (Å²) in [6.45, 7) is 7.54. The van der Waals surface area contributed by atoms with E-state index in [2.05, 4.69) is 15.6 Å². The number of β-amino-alcohol motifs (C(OH)–C–C–N with tert-alkyl or cyclic N) is 1. The summed E-state index contributed by atoms with van der Waals surface area (Å²) in [5, 5.41) is 20.0. The van der Waals surface area contributed by atoms with E-state index in [0.717, 1.165) is 0 Å². The third-order valence-corrected chi connectivity index (χ3v) is 8.56. The summed E-state index contributed by atoms with van der Waals surface area (Å²) >= 11 is 1.40. The van der Waals surface area contributed by atoms with Crippen LogP contribution in [-0.2, 0) is 14.8 Å². The molecular weight excluding hydrogens is 488 g/mol. The Morgan fingerprint density at radius 3 is 2.60 bits per heavy atom. The zero-order valence-corrected chi connectivity index (χ0v) is 22.1. The van der Waals surface area contributed by atoms with Crippen molar-refractivity contribution >= 4 is 33.2 Å². The fourth-order valence-electron chi connectivity index (χ4n) is 4.11.